The Morgan fingerprint density at radius 1 is 1.44 bits per heavy atom. The van der Waals surface area contributed by atoms with E-state index < -0.39 is 5.97 Å². The Balaban J connectivity index is 0.00000162. The van der Waals surface area contributed by atoms with Crippen molar-refractivity contribution in [2.45, 2.75) is 25.4 Å². The molecule has 18 heavy (non-hydrogen) atoms. The summed E-state index contributed by atoms with van der Waals surface area (Å²) in [5.74, 6) is -0.757. The standard InChI is InChI=1S/C12H13Cl2NO2.ClH/c13-9-4-3-8(10(14)6-9)7-15-5-1-2-11(15)12(16)17;/h3-4,6,11H,1-2,5,7H2,(H,16,17);1H/t11-;/m1./s1. The molecule has 1 aromatic rings. The van der Waals surface area contributed by atoms with Crippen molar-refractivity contribution in [1.29, 1.82) is 0 Å². The molecule has 2 rings (SSSR count). The quantitative estimate of drug-likeness (QED) is 0.929. The molecule has 0 aliphatic carbocycles. The van der Waals surface area contributed by atoms with E-state index in [0.717, 1.165) is 18.5 Å². The number of likely N-dealkylation sites (tertiary alicyclic amines) is 1. The van der Waals surface area contributed by atoms with Crippen LogP contribution in [0.1, 0.15) is 18.4 Å². The molecule has 1 fully saturated rings. The molecule has 1 N–H and O–H groups in total. The maximum absolute atomic E-state index is 11.0. The van der Waals surface area contributed by atoms with Crippen LogP contribution in [0.2, 0.25) is 10.0 Å². The molecule has 3 nitrogen and oxygen atoms in total. The Morgan fingerprint density at radius 3 is 2.78 bits per heavy atom. The monoisotopic (exact) mass is 309 g/mol. The van der Waals surface area contributed by atoms with Crippen LogP contribution in [0.25, 0.3) is 0 Å². The van der Waals surface area contributed by atoms with Crippen LogP contribution >= 0.6 is 35.6 Å². The number of halogens is 3. The summed E-state index contributed by atoms with van der Waals surface area (Å²) in [6, 6.07) is 4.92. The zero-order valence-electron chi connectivity index (χ0n) is 9.60. The van der Waals surface area contributed by atoms with Crippen molar-refractivity contribution < 1.29 is 9.90 Å². The number of carboxylic acids is 1. The van der Waals surface area contributed by atoms with Crippen molar-refractivity contribution >= 4 is 41.6 Å². The highest BCUT2D eigenvalue weighted by molar-refractivity contribution is 6.35. The predicted octanol–water partition coefficient (Wildman–Crippen LogP) is 3.46. The van der Waals surface area contributed by atoms with E-state index in [9.17, 15) is 4.79 Å². The molecule has 0 unspecified atom stereocenters. The first-order valence-corrected chi connectivity index (χ1v) is 6.24. The van der Waals surface area contributed by atoms with Crippen LogP contribution < -0.4 is 0 Å². The molecule has 1 saturated heterocycles. The summed E-state index contributed by atoms with van der Waals surface area (Å²) in [6.07, 6.45) is 1.63. The van der Waals surface area contributed by atoms with Crippen LogP contribution in [-0.2, 0) is 11.3 Å². The molecule has 0 aromatic heterocycles. The molecule has 0 saturated carbocycles. The summed E-state index contributed by atoms with van der Waals surface area (Å²) < 4.78 is 0. The summed E-state index contributed by atoms with van der Waals surface area (Å²) in [7, 11) is 0. The lowest BCUT2D eigenvalue weighted by Crippen LogP contribution is -2.35. The first-order valence-electron chi connectivity index (χ1n) is 5.48. The number of carboxylic acid groups (broad SMARTS) is 1. The predicted molar refractivity (Wildman–Crippen MR) is 74.8 cm³/mol. The summed E-state index contributed by atoms with van der Waals surface area (Å²) in [5.41, 5.74) is 0.921. The van der Waals surface area contributed by atoms with Crippen molar-refractivity contribution in [3.8, 4) is 0 Å². The minimum atomic E-state index is -0.757. The molecule has 1 aromatic carbocycles. The average molecular weight is 311 g/mol. The highest BCUT2D eigenvalue weighted by Gasteiger charge is 2.30. The van der Waals surface area contributed by atoms with E-state index in [0.29, 0.717) is 23.0 Å². The van der Waals surface area contributed by atoms with Gasteiger partial charge in [-0.1, -0.05) is 29.3 Å². The molecule has 1 aliphatic rings. The van der Waals surface area contributed by atoms with Crippen LogP contribution in [0.3, 0.4) is 0 Å². The SMILES string of the molecule is Cl.O=C(O)[C@H]1CCCN1Cc1ccc(Cl)cc1Cl. The third kappa shape index (κ3) is 3.51. The highest BCUT2D eigenvalue weighted by atomic mass is 35.5. The zero-order valence-corrected chi connectivity index (χ0v) is 11.9. The lowest BCUT2D eigenvalue weighted by molar-refractivity contribution is -0.142. The van der Waals surface area contributed by atoms with Gasteiger partial charge in [-0.25, -0.2) is 0 Å². The van der Waals surface area contributed by atoms with Crippen LogP contribution in [-0.4, -0.2) is 28.6 Å². The van der Waals surface area contributed by atoms with E-state index >= 15 is 0 Å². The minimum Gasteiger partial charge on any atom is -0.480 e. The maximum atomic E-state index is 11.0. The molecular weight excluding hydrogens is 296 g/mol. The van der Waals surface area contributed by atoms with E-state index in [1.165, 1.54) is 0 Å². The van der Waals surface area contributed by atoms with E-state index in [1.54, 1.807) is 12.1 Å². The number of carbonyl (C=O) groups is 1. The third-order valence-electron chi connectivity index (χ3n) is 3.04. The Labute approximate surface area is 122 Å². The second-order valence-electron chi connectivity index (χ2n) is 4.20. The maximum Gasteiger partial charge on any atom is 0.320 e. The summed E-state index contributed by atoms with van der Waals surface area (Å²) in [6.45, 7) is 1.36. The number of benzene rings is 1. The summed E-state index contributed by atoms with van der Waals surface area (Å²) >= 11 is 11.9. The number of nitrogens with zero attached hydrogens (tertiary/aromatic N) is 1. The third-order valence-corrected chi connectivity index (χ3v) is 3.62. The topological polar surface area (TPSA) is 40.5 Å². The van der Waals surface area contributed by atoms with Crippen molar-refractivity contribution in [2.75, 3.05) is 6.54 Å². The Bertz CT molecular complexity index is 439. The van der Waals surface area contributed by atoms with E-state index in [-0.39, 0.29) is 18.4 Å². The summed E-state index contributed by atoms with van der Waals surface area (Å²) in [4.78, 5) is 13.0. The van der Waals surface area contributed by atoms with Gasteiger partial charge in [-0.2, -0.15) is 0 Å². The Kier molecular flexibility index (Phi) is 5.73. The Hall–Kier alpha value is -0.480. The van der Waals surface area contributed by atoms with Crippen molar-refractivity contribution in [2.24, 2.45) is 0 Å². The second kappa shape index (κ2) is 6.62. The van der Waals surface area contributed by atoms with E-state index in [1.807, 2.05) is 11.0 Å². The van der Waals surface area contributed by atoms with Gasteiger partial charge in [-0.15, -0.1) is 12.4 Å². The van der Waals surface area contributed by atoms with Gasteiger partial charge in [0.1, 0.15) is 6.04 Å². The molecular formula is C12H14Cl3NO2. The van der Waals surface area contributed by atoms with Gasteiger partial charge in [0.05, 0.1) is 0 Å². The van der Waals surface area contributed by atoms with Gasteiger partial charge in [0.2, 0.25) is 0 Å². The van der Waals surface area contributed by atoms with Gasteiger partial charge < -0.3 is 5.11 Å². The normalized spacial score (nSPS) is 19.6. The van der Waals surface area contributed by atoms with Crippen LogP contribution in [0.4, 0.5) is 0 Å². The van der Waals surface area contributed by atoms with Gasteiger partial charge in [0, 0.05) is 16.6 Å². The Morgan fingerprint density at radius 2 is 2.17 bits per heavy atom. The first-order chi connectivity index (χ1) is 8.08. The molecule has 6 heteroatoms. The van der Waals surface area contributed by atoms with Gasteiger partial charge in [0.15, 0.2) is 0 Å². The molecule has 1 aliphatic heterocycles. The van der Waals surface area contributed by atoms with Gasteiger partial charge in [-0.05, 0) is 37.1 Å². The molecule has 0 amide bonds. The number of aliphatic carboxylic acids is 1. The number of hydrogen-bond donors (Lipinski definition) is 1. The smallest absolute Gasteiger partial charge is 0.320 e. The highest BCUT2D eigenvalue weighted by Crippen LogP contribution is 2.26. The summed E-state index contributed by atoms with van der Waals surface area (Å²) in [5, 5.41) is 10.3. The van der Waals surface area contributed by atoms with Gasteiger partial charge in [-0.3, -0.25) is 9.69 Å². The van der Waals surface area contributed by atoms with Crippen molar-refractivity contribution in [1.82, 2.24) is 4.90 Å². The lowest BCUT2D eigenvalue weighted by Gasteiger charge is -2.21. The fourth-order valence-corrected chi connectivity index (χ4v) is 2.63. The van der Waals surface area contributed by atoms with Crippen molar-refractivity contribution in [3.05, 3.63) is 33.8 Å². The molecule has 100 valence electrons. The second-order valence-corrected chi connectivity index (χ2v) is 5.05. The molecule has 1 heterocycles. The van der Waals surface area contributed by atoms with Crippen LogP contribution in [0, 0.1) is 0 Å². The van der Waals surface area contributed by atoms with Gasteiger partial charge >= 0.3 is 5.97 Å². The number of hydrogen-bond acceptors (Lipinski definition) is 2. The van der Waals surface area contributed by atoms with Crippen LogP contribution in [0.5, 0.6) is 0 Å². The van der Waals surface area contributed by atoms with Crippen molar-refractivity contribution in [3.63, 3.8) is 0 Å². The zero-order chi connectivity index (χ0) is 12.4. The number of rotatable bonds is 3. The van der Waals surface area contributed by atoms with E-state index in [2.05, 4.69) is 0 Å². The largest absolute Gasteiger partial charge is 0.480 e. The van der Waals surface area contributed by atoms with Gasteiger partial charge in [0.25, 0.3) is 0 Å². The fourth-order valence-electron chi connectivity index (χ4n) is 2.16. The van der Waals surface area contributed by atoms with Crippen LogP contribution in [0.15, 0.2) is 18.2 Å². The molecule has 1 atom stereocenters. The molecule has 0 spiro atoms. The molecule has 0 bridgehead atoms. The fraction of sp³-hybridized carbons (Fsp3) is 0.417. The average Bonchev–Trinajstić information content (AvgIpc) is 2.70. The molecule has 0 radical (unpaired) electrons. The first kappa shape index (κ1) is 15.6. The lowest BCUT2D eigenvalue weighted by atomic mass is 10.2. The minimum absolute atomic E-state index is 0. The van der Waals surface area contributed by atoms with E-state index in [4.69, 9.17) is 28.3 Å².